The van der Waals surface area contributed by atoms with Gasteiger partial charge in [-0.3, -0.25) is 0 Å². The van der Waals surface area contributed by atoms with E-state index in [1.807, 2.05) is 11.8 Å². The molecule has 0 radical (unpaired) electrons. The van der Waals surface area contributed by atoms with Gasteiger partial charge in [-0.25, -0.2) is 0 Å². The van der Waals surface area contributed by atoms with E-state index >= 15 is 0 Å². The van der Waals surface area contributed by atoms with E-state index in [-0.39, 0.29) is 0 Å². The van der Waals surface area contributed by atoms with Crippen molar-refractivity contribution in [2.24, 2.45) is 17.8 Å². The molecule has 0 aliphatic heterocycles. The summed E-state index contributed by atoms with van der Waals surface area (Å²) in [6.45, 7) is 6.86. The molecule has 0 amide bonds. The summed E-state index contributed by atoms with van der Waals surface area (Å²) in [4.78, 5) is 0. The van der Waals surface area contributed by atoms with Gasteiger partial charge in [-0.2, -0.15) is 17.0 Å². The van der Waals surface area contributed by atoms with E-state index in [1.54, 1.807) is 0 Å². The van der Waals surface area contributed by atoms with Crippen molar-refractivity contribution in [3.05, 3.63) is 0 Å². The van der Waals surface area contributed by atoms with Crippen molar-refractivity contribution < 1.29 is 0 Å². The minimum atomic E-state index is 0.318. The van der Waals surface area contributed by atoms with E-state index in [2.05, 4.69) is 26.8 Å². The van der Waals surface area contributed by atoms with Crippen molar-refractivity contribution in [1.82, 2.24) is 0 Å². The maximum Gasteiger partial charge on any atom is 0.0667 e. The monoisotopic (exact) mass is 225 g/mol. The van der Waals surface area contributed by atoms with Crippen LogP contribution in [0.5, 0.6) is 0 Å². The summed E-state index contributed by atoms with van der Waals surface area (Å²) >= 11 is 2.04. The number of nitrogens with zero attached hydrogens (tertiary/aromatic N) is 1. The van der Waals surface area contributed by atoms with Crippen LogP contribution in [0.4, 0.5) is 0 Å². The molecule has 3 atom stereocenters. The van der Waals surface area contributed by atoms with E-state index in [9.17, 15) is 0 Å². The Labute approximate surface area is 98.6 Å². The molecule has 0 spiro atoms. The topological polar surface area (TPSA) is 23.8 Å². The molecule has 0 N–H and O–H groups in total. The van der Waals surface area contributed by atoms with Gasteiger partial charge in [0.15, 0.2) is 0 Å². The van der Waals surface area contributed by atoms with Crippen LogP contribution in [0.25, 0.3) is 0 Å². The Morgan fingerprint density at radius 1 is 1.40 bits per heavy atom. The van der Waals surface area contributed by atoms with Crippen LogP contribution < -0.4 is 0 Å². The van der Waals surface area contributed by atoms with Gasteiger partial charge in [-0.15, -0.1) is 0 Å². The smallest absolute Gasteiger partial charge is 0.0667 e. The molecule has 0 bridgehead atoms. The highest BCUT2D eigenvalue weighted by molar-refractivity contribution is 7.99. The Balaban J connectivity index is 2.33. The van der Waals surface area contributed by atoms with E-state index < -0.39 is 0 Å². The van der Waals surface area contributed by atoms with Crippen LogP contribution in [0, 0.1) is 29.1 Å². The predicted octanol–water partition coefficient (Wildman–Crippen LogP) is 4.09. The SMILES string of the molecule is CC(C)CCSC1CC(C)CCC1C#N. The first kappa shape index (κ1) is 12.9. The first-order valence-corrected chi connectivity index (χ1v) is 7.19. The lowest BCUT2D eigenvalue weighted by atomic mass is 9.83. The molecule has 2 heteroatoms. The summed E-state index contributed by atoms with van der Waals surface area (Å²) in [5.74, 6) is 3.16. The highest BCUT2D eigenvalue weighted by atomic mass is 32.2. The van der Waals surface area contributed by atoms with Crippen molar-refractivity contribution >= 4 is 11.8 Å². The fraction of sp³-hybridized carbons (Fsp3) is 0.923. The summed E-state index contributed by atoms with van der Waals surface area (Å²) in [6, 6.07) is 2.49. The molecule has 0 saturated heterocycles. The van der Waals surface area contributed by atoms with Gasteiger partial charge in [-0.1, -0.05) is 20.8 Å². The molecule has 0 heterocycles. The Hall–Kier alpha value is -0.160. The zero-order valence-corrected chi connectivity index (χ0v) is 11.0. The molecule has 1 nitrogen and oxygen atoms in total. The molecule has 1 aliphatic rings. The van der Waals surface area contributed by atoms with Crippen molar-refractivity contribution in [3.63, 3.8) is 0 Å². The number of rotatable bonds is 4. The predicted molar refractivity (Wildman–Crippen MR) is 67.8 cm³/mol. The highest BCUT2D eigenvalue weighted by Gasteiger charge is 2.28. The lowest BCUT2D eigenvalue weighted by molar-refractivity contribution is 0.345. The quantitative estimate of drug-likeness (QED) is 0.719. The molecule has 1 rings (SSSR count). The molecule has 0 aromatic carbocycles. The fourth-order valence-electron chi connectivity index (χ4n) is 2.12. The molecule has 1 aliphatic carbocycles. The van der Waals surface area contributed by atoms with Gasteiger partial charge in [0.25, 0.3) is 0 Å². The Morgan fingerprint density at radius 2 is 2.13 bits per heavy atom. The largest absolute Gasteiger partial charge is 0.198 e. The summed E-state index contributed by atoms with van der Waals surface area (Å²) in [5, 5.41) is 9.70. The van der Waals surface area contributed by atoms with Crippen LogP contribution in [0.15, 0.2) is 0 Å². The lowest BCUT2D eigenvalue weighted by Crippen LogP contribution is -2.25. The number of thioether (sulfide) groups is 1. The number of hydrogen-bond donors (Lipinski definition) is 0. The zero-order chi connectivity index (χ0) is 11.3. The summed E-state index contributed by atoms with van der Waals surface area (Å²) in [7, 11) is 0. The summed E-state index contributed by atoms with van der Waals surface area (Å²) < 4.78 is 0. The number of nitriles is 1. The van der Waals surface area contributed by atoms with Gasteiger partial charge in [0, 0.05) is 5.25 Å². The molecular formula is C13H23NS. The summed E-state index contributed by atoms with van der Waals surface area (Å²) in [6.07, 6.45) is 4.91. The third kappa shape index (κ3) is 4.47. The molecule has 15 heavy (non-hydrogen) atoms. The summed E-state index contributed by atoms with van der Waals surface area (Å²) in [5.41, 5.74) is 0. The normalized spacial score (nSPS) is 31.5. The van der Waals surface area contributed by atoms with Crippen LogP contribution in [0.3, 0.4) is 0 Å². The van der Waals surface area contributed by atoms with Crippen molar-refractivity contribution in [3.8, 4) is 6.07 Å². The highest BCUT2D eigenvalue weighted by Crippen LogP contribution is 2.36. The first-order valence-electron chi connectivity index (χ1n) is 6.14. The second-order valence-corrected chi connectivity index (χ2v) is 6.59. The third-order valence-electron chi connectivity index (χ3n) is 3.25. The molecule has 3 unspecified atom stereocenters. The van der Waals surface area contributed by atoms with Crippen LogP contribution in [-0.4, -0.2) is 11.0 Å². The van der Waals surface area contributed by atoms with E-state index in [0.717, 1.165) is 18.3 Å². The van der Waals surface area contributed by atoms with Gasteiger partial charge in [0.1, 0.15) is 0 Å². The Kier molecular flexibility index (Phi) is 5.53. The second-order valence-electron chi connectivity index (χ2n) is 5.25. The maximum atomic E-state index is 9.09. The molecule has 86 valence electrons. The van der Waals surface area contributed by atoms with Crippen LogP contribution in [-0.2, 0) is 0 Å². The van der Waals surface area contributed by atoms with Crippen molar-refractivity contribution in [2.75, 3.05) is 5.75 Å². The van der Waals surface area contributed by atoms with Gasteiger partial charge in [-0.05, 0) is 43.3 Å². The van der Waals surface area contributed by atoms with Gasteiger partial charge < -0.3 is 0 Å². The molecular weight excluding hydrogens is 202 g/mol. The second kappa shape index (κ2) is 6.43. The van der Waals surface area contributed by atoms with Crippen LogP contribution in [0.2, 0.25) is 0 Å². The van der Waals surface area contributed by atoms with Crippen LogP contribution >= 0.6 is 11.8 Å². The standard InChI is InChI=1S/C13H23NS/c1-10(2)6-7-15-13-8-11(3)4-5-12(13)9-14/h10-13H,4-8H2,1-3H3. The zero-order valence-electron chi connectivity index (χ0n) is 10.2. The third-order valence-corrected chi connectivity index (χ3v) is 4.67. The van der Waals surface area contributed by atoms with E-state index in [0.29, 0.717) is 11.2 Å². The molecule has 0 aromatic rings. The lowest BCUT2D eigenvalue weighted by Gasteiger charge is -2.30. The van der Waals surface area contributed by atoms with Crippen LogP contribution in [0.1, 0.15) is 46.5 Å². The Morgan fingerprint density at radius 3 is 2.73 bits per heavy atom. The van der Waals surface area contributed by atoms with E-state index in [1.165, 1.54) is 25.0 Å². The molecule has 1 saturated carbocycles. The van der Waals surface area contributed by atoms with Gasteiger partial charge in [0.05, 0.1) is 12.0 Å². The minimum Gasteiger partial charge on any atom is -0.198 e. The molecule has 0 aromatic heterocycles. The van der Waals surface area contributed by atoms with Gasteiger partial charge in [0.2, 0.25) is 0 Å². The first-order chi connectivity index (χ1) is 7.13. The van der Waals surface area contributed by atoms with E-state index in [4.69, 9.17) is 5.26 Å². The maximum absolute atomic E-state index is 9.09. The average Bonchev–Trinajstić information content (AvgIpc) is 2.17. The average molecular weight is 225 g/mol. The minimum absolute atomic E-state index is 0.318. The number of hydrogen-bond acceptors (Lipinski definition) is 2. The Bertz CT molecular complexity index is 219. The van der Waals surface area contributed by atoms with Gasteiger partial charge >= 0.3 is 0 Å². The van der Waals surface area contributed by atoms with Crippen molar-refractivity contribution in [2.45, 2.75) is 51.7 Å². The fourth-order valence-corrected chi connectivity index (χ4v) is 3.92. The van der Waals surface area contributed by atoms with Crippen molar-refractivity contribution in [1.29, 1.82) is 5.26 Å². The molecule has 1 fully saturated rings.